The number of nitrogens with zero attached hydrogens (tertiary/aromatic N) is 1. The number of thiocarbonyl (C=S) groups is 1. The molecule has 1 N–H and O–H groups in total. The van der Waals surface area contributed by atoms with E-state index in [0.717, 1.165) is 4.47 Å². The molecule has 0 atom stereocenters. The lowest BCUT2D eigenvalue weighted by Gasteiger charge is -2.30. The van der Waals surface area contributed by atoms with Gasteiger partial charge in [0.2, 0.25) is 0 Å². The van der Waals surface area contributed by atoms with Crippen molar-refractivity contribution in [1.29, 1.82) is 0 Å². The lowest BCUT2D eigenvalue weighted by molar-refractivity contribution is -0.122. The first kappa shape index (κ1) is 20.5. The molecule has 1 fully saturated rings. The van der Waals surface area contributed by atoms with Crippen molar-refractivity contribution in [2.24, 2.45) is 0 Å². The Hall–Kier alpha value is -2.22. The van der Waals surface area contributed by atoms with Crippen molar-refractivity contribution < 1.29 is 14.3 Å². The van der Waals surface area contributed by atoms with Crippen molar-refractivity contribution in [2.75, 3.05) is 11.5 Å². The molecule has 5 nitrogen and oxygen atoms in total. The molecule has 1 heterocycles. The third-order valence-electron chi connectivity index (χ3n) is 4.15. The van der Waals surface area contributed by atoms with Crippen LogP contribution >= 0.6 is 39.7 Å². The van der Waals surface area contributed by atoms with Gasteiger partial charge in [-0.15, -0.1) is 0 Å². The van der Waals surface area contributed by atoms with Crippen LogP contribution in [0.25, 0.3) is 6.08 Å². The summed E-state index contributed by atoms with van der Waals surface area (Å²) in [6, 6.07) is 10.5. The normalized spacial score (nSPS) is 15.8. The van der Waals surface area contributed by atoms with Gasteiger partial charge in [0.15, 0.2) is 5.11 Å². The number of ether oxygens (including phenoxy) is 1. The number of carbonyl (C=O) groups is 2. The molecule has 0 unspecified atom stereocenters. The monoisotopic (exact) mass is 478 g/mol. The third kappa shape index (κ3) is 3.97. The van der Waals surface area contributed by atoms with Gasteiger partial charge < -0.3 is 4.74 Å². The Kier molecular flexibility index (Phi) is 6.17. The quantitative estimate of drug-likeness (QED) is 0.394. The molecule has 2 aromatic carbocycles. The second-order valence-electron chi connectivity index (χ2n) is 5.96. The molecule has 0 radical (unpaired) electrons. The minimum Gasteiger partial charge on any atom is -0.493 e. The predicted molar refractivity (Wildman–Crippen MR) is 118 cm³/mol. The van der Waals surface area contributed by atoms with Gasteiger partial charge in [0.05, 0.1) is 16.8 Å². The Morgan fingerprint density at radius 2 is 2.04 bits per heavy atom. The molecule has 1 aliphatic heterocycles. The summed E-state index contributed by atoms with van der Waals surface area (Å²) in [5.41, 5.74) is 1.87. The lowest BCUT2D eigenvalue weighted by atomic mass is 10.1. The molecule has 0 aliphatic carbocycles. The van der Waals surface area contributed by atoms with Gasteiger partial charge >= 0.3 is 0 Å². The van der Waals surface area contributed by atoms with E-state index < -0.39 is 11.8 Å². The molecule has 2 aromatic rings. The van der Waals surface area contributed by atoms with Gasteiger partial charge in [-0.3, -0.25) is 19.8 Å². The van der Waals surface area contributed by atoms with Crippen LogP contribution in [0.4, 0.5) is 5.69 Å². The van der Waals surface area contributed by atoms with E-state index in [4.69, 9.17) is 28.6 Å². The zero-order valence-corrected chi connectivity index (χ0v) is 18.2. The Labute approximate surface area is 181 Å². The zero-order chi connectivity index (χ0) is 20.4. The number of benzene rings is 2. The summed E-state index contributed by atoms with van der Waals surface area (Å²) in [5.74, 6) is -0.374. The molecule has 2 amide bonds. The van der Waals surface area contributed by atoms with Crippen molar-refractivity contribution in [3.8, 4) is 5.75 Å². The van der Waals surface area contributed by atoms with Crippen molar-refractivity contribution in [2.45, 2.75) is 13.8 Å². The van der Waals surface area contributed by atoms with Crippen LogP contribution in [0.2, 0.25) is 5.02 Å². The lowest BCUT2D eigenvalue weighted by Crippen LogP contribution is -2.54. The maximum atomic E-state index is 13.1. The van der Waals surface area contributed by atoms with Gasteiger partial charge in [-0.2, -0.15) is 0 Å². The highest BCUT2D eigenvalue weighted by atomic mass is 79.9. The summed E-state index contributed by atoms with van der Waals surface area (Å²) < 4.78 is 6.21. The molecule has 1 aliphatic rings. The van der Waals surface area contributed by atoms with Crippen LogP contribution in [0.15, 0.2) is 46.4 Å². The largest absolute Gasteiger partial charge is 0.493 e. The highest BCUT2D eigenvalue weighted by Crippen LogP contribution is 2.31. The molecule has 0 bridgehead atoms. The fourth-order valence-corrected chi connectivity index (χ4v) is 3.72. The third-order valence-corrected chi connectivity index (χ3v) is 5.46. The van der Waals surface area contributed by atoms with Gasteiger partial charge in [0.25, 0.3) is 11.8 Å². The van der Waals surface area contributed by atoms with Crippen LogP contribution in [0.1, 0.15) is 18.1 Å². The van der Waals surface area contributed by atoms with E-state index in [-0.39, 0.29) is 10.7 Å². The van der Waals surface area contributed by atoms with Crippen molar-refractivity contribution >= 4 is 68.4 Å². The number of hydrogen-bond acceptors (Lipinski definition) is 4. The maximum absolute atomic E-state index is 13.1. The molecule has 0 saturated carbocycles. The van der Waals surface area contributed by atoms with Crippen LogP contribution in [-0.2, 0) is 9.59 Å². The summed E-state index contributed by atoms with van der Waals surface area (Å²) in [6.45, 7) is 4.21. The SMILES string of the molecule is CCOc1ccc(/C=C2\C(=O)NC(=S)N(c3cccc(Cl)c3C)C2=O)cc1Br. The summed E-state index contributed by atoms with van der Waals surface area (Å²) in [4.78, 5) is 26.8. The second-order valence-corrected chi connectivity index (χ2v) is 7.61. The first-order valence-electron chi connectivity index (χ1n) is 8.42. The van der Waals surface area contributed by atoms with Crippen molar-refractivity contribution in [1.82, 2.24) is 5.32 Å². The highest BCUT2D eigenvalue weighted by molar-refractivity contribution is 9.10. The van der Waals surface area contributed by atoms with Gasteiger partial charge in [-0.1, -0.05) is 23.7 Å². The minimum absolute atomic E-state index is 0.0189. The number of rotatable bonds is 4. The number of nitrogens with one attached hydrogen (secondary N) is 1. The van der Waals surface area contributed by atoms with Crippen LogP contribution in [0.5, 0.6) is 5.75 Å². The fraction of sp³-hybridized carbons (Fsp3) is 0.150. The van der Waals surface area contributed by atoms with E-state index in [1.54, 1.807) is 43.3 Å². The van der Waals surface area contributed by atoms with Crippen LogP contribution in [-0.4, -0.2) is 23.5 Å². The molecule has 144 valence electrons. The zero-order valence-electron chi connectivity index (χ0n) is 15.1. The number of carbonyl (C=O) groups excluding carboxylic acids is 2. The first-order chi connectivity index (χ1) is 13.3. The van der Waals surface area contributed by atoms with E-state index in [1.165, 1.54) is 11.0 Å². The average Bonchev–Trinajstić information content (AvgIpc) is 2.64. The Balaban J connectivity index is 2.01. The van der Waals surface area contributed by atoms with Crippen LogP contribution in [0.3, 0.4) is 0 Å². The van der Waals surface area contributed by atoms with E-state index in [0.29, 0.717) is 34.2 Å². The second kappa shape index (κ2) is 8.43. The van der Waals surface area contributed by atoms with Crippen molar-refractivity contribution in [3.63, 3.8) is 0 Å². The predicted octanol–water partition coefficient (Wildman–Crippen LogP) is 4.64. The number of hydrogen-bond donors (Lipinski definition) is 1. The molecule has 0 aromatic heterocycles. The molecule has 1 saturated heterocycles. The van der Waals surface area contributed by atoms with Gasteiger partial charge in [0, 0.05) is 5.02 Å². The standard InChI is InChI=1S/C20H16BrClN2O3S/c1-3-27-17-8-7-12(10-14(17)21)9-13-18(25)23-20(28)24(19(13)26)16-6-4-5-15(22)11(16)2/h4-10H,3H2,1-2H3,(H,23,25,28)/b13-9+. The van der Waals surface area contributed by atoms with Gasteiger partial charge in [-0.05, 0) is 83.5 Å². The molecule has 28 heavy (non-hydrogen) atoms. The van der Waals surface area contributed by atoms with E-state index in [9.17, 15) is 9.59 Å². The minimum atomic E-state index is -0.545. The van der Waals surface area contributed by atoms with Gasteiger partial charge in [-0.25, -0.2) is 0 Å². The van der Waals surface area contributed by atoms with Gasteiger partial charge in [0.1, 0.15) is 11.3 Å². The van der Waals surface area contributed by atoms with Crippen molar-refractivity contribution in [3.05, 3.63) is 62.6 Å². The summed E-state index contributed by atoms with van der Waals surface area (Å²) >= 11 is 14.8. The first-order valence-corrected chi connectivity index (χ1v) is 10.00. The molecular formula is C20H16BrClN2O3S. The Morgan fingerprint density at radius 1 is 1.29 bits per heavy atom. The summed E-state index contributed by atoms with van der Waals surface area (Å²) in [7, 11) is 0. The van der Waals surface area contributed by atoms with E-state index >= 15 is 0 Å². The Bertz CT molecular complexity index is 1020. The van der Waals surface area contributed by atoms with Crippen LogP contribution < -0.4 is 15.0 Å². The summed E-state index contributed by atoms with van der Waals surface area (Å²) in [5, 5.41) is 3.10. The molecular weight excluding hydrogens is 464 g/mol. The Morgan fingerprint density at radius 3 is 2.71 bits per heavy atom. The molecule has 8 heteroatoms. The average molecular weight is 480 g/mol. The van der Waals surface area contributed by atoms with E-state index in [1.807, 2.05) is 6.92 Å². The molecule has 0 spiro atoms. The van der Waals surface area contributed by atoms with Crippen LogP contribution in [0, 0.1) is 6.92 Å². The number of anilines is 1. The fourth-order valence-electron chi connectivity index (χ4n) is 2.76. The van der Waals surface area contributed by atoms with E-state index in [2.05, 4.69) is 21.2 Å². The maximum Gasteiger partial charge on any atom is 0.270 e. The number of halogens is 2. The smallest absolute Gasteiger partial charge is 0.270 e. The molecule has 3 rings (SSSR count). The summed E-state index contributed by atoms with van der Waals surface area (Å²) in [6.07, 6.45) is 1.52. The topological polar surface area (TPSA) is 58.6 Å². The highest BCUT2D eigenvalue weighted by Gasteiger charge is 2.35. The number of amides is 2.